The molecular formula is C10H21N5O. The summed E-state index contributed by atoms with van der Waals surface area (Å²) in [6.07, 6.45) is 2.28. The van der Waals surface area contributed by atoms with Crippen LogP contribution >= 0.6 is 0 Å². The van der Waals surface area contributed by atoms with E-state index in [0.717, 1.165) is 19.5 Å². The monoisotopic (exact) mass is 227 g/mol. The Hall–Kier alpha value is -1.17. The van der Waals surface area contributed by atoms with E-state index in [1.54, 1.807) is 6.92 Å². The normalized spacial score (nSPS) is 27.3. The first kappa shape index (κ1) is 12.9. The van der Waals surface area contributed by atoms with E-state index in [9.17, 15) is 4.79 Å². The lowest BCUT2D eigenvalue weighted by molar-refractivity contribution is -0.127. The molecule has 2 aliphatic rings. The van der Waals surface area contributed by atoms with Gasteiger partial charge in [0.2, 0.25) is 5.91 Å². The number of hydrazine groups is 1. The van der Waals surface area contributed by atoms with Crippen molar-refractivity contribution in [3.05, 3.63) is 0 Å². The minimum absolute atomic E-state index is 0.0318. The third-order valence-electron chi connectivity index (χ3n) is 2.56. The number of rotatable bonds is 1. The molecule has 0 aromatic rings. The summed E-state index contributed by atoms with van der Waals surface area (Å²) in [5.41, 5.74) is 5.53. The maximum Gasteiger partial charge on any atom is 0.219 e. The Morgan fingerprint density at radius 3 is 2.62 bits per heavy atom. The highest BCUT2D eigenvalue weighted by molar-refractivity contribution is 5.73. The first-order valence-corrected chi connectivity index (χ1v) is 5.84. The van der Waals surface area contributed by atoms with Gasteiger partial charge >= 0.3 is 0 Å². The van der Waals surface area contributed by atoms with Crippen molar-refractivity contribution in [3.63, 3.8) is 0 Å². The molecule has 6 nitrogen and oxygen atoms in total. The van der Waals surface area contributed by atoms with Crippen molar-refractivity contribution in [3.8, 4) is 0 Å². The van der Waals surface area contributed by atoms with Gasteiger partial charge in [-0.15, -0.1) is 5.11 Å². The smallest absolute Gasteiger partial charge is 0.219 e. The van der Waals surface area contributed by atoms with E-state index in [1.165, 1.54) is 6.42 Å². The second kappa shape index (κ2) is 6.42. The Morgan fingerprint density at radius 2 is 2.19 bits per heavy atom. The Morgan fingerprint density at radius 1 is 1.50 bits per heavy atom. The summed E-state index contributed by atoms with van der Waals surface area (Å²) in [6, 6.07) is 0. The number of carbonyl (C=O) groups excluding carboxylic acids is 1. The van der Waals surface area contributed by atoms with Gasteiger partial charge in [0.25, 0.3) is 0 Å². The second-order valence-corrected chi connectivity index (χ2v) is 4.14. The van der Waals surface area contributed by atoms with Gasteiger partial charge in [-0.25, -0.2) is 5.53 Å². The van der Waals surface area contributed by atoms with Gasteiger partial charge < -0.3 is 4.90 Å². The van der Waals surface area contributed by atoms with Crippen LogP contribution in [-0.4, -0.2) is 30.1 Å². The van der Waals surface area contributed by atoms with Crippen molar-refractivity contribution in [2.45, 2.75) is 39.8 Å². The number of nitrogens with one attached hydrogen (secondary N) is 2. The third kappa shape index (κ3) is 3.44. The number of likely N-dealkylation sites (tertiary alicyclic amines) is 1. The molecule has 16 heavy (non-hydrogen) atoms. The number of amides is 1. The SMILES string of the molecule is CC(=O)N1CCC(C2N=NNN2)C1.CCC. The topological polar surface area (TPSA) is 69.1 Å². The van der Waals surface area contributed by atoms with Gasteiger partial charge in [0.05, 0.1) is 0 Å². The second-order valence-electron chi connectivity index (χ2n) is 4.14. The van der Waals surface area contributed by atoms with Gasteiger partial charge in [-0.3, -0.25) is 4.79 Å². The molecule has 2 aliphatic heterocycles. The van der Waals surface area contributed by atoms with Crippen molar-refractivity contribution < 1.29 is 4.79 Å². The van der Waals surface area contributed by atoms with Crippen LogP contribution in [0.15, 0.2) is 10.3 Å². The van der Waals surface area contributed by atoms with E-state index in [0.29, 0.717) is 5.92 Å². The number of hydrogen-bond donors (Lipinski definition) is 2. The molecule has 1 amide bonds. The molecule has 6 heteroatoms. The van der Waals surface area contributed by atoms with E-state index in [2.05, 4.69) is 35.1 Å². The van der Waals surface area contributed by atoms with Crippen LogP contribution in [0.4, 0.5) is 0 Å². The van der Waals surface area contributed by atoms with Crippen molar-refractivity contribution in [2.75, 3.05) is 13.1 Å². The Labute approximate surface area is 96.4 Å². The van der Waals surface area contributed by atoms with E-state index in [4.69, 9.17) is 0 Å². The quantitative estimate of drug-likeness (QED) is 0.704. The zero-order valence-corrected chi connectivity index (χ0v) is 10.2. The van der Waals surface area contributed by atoms with Crippen molar-refractivity contribution in [2.24, 2.45) is 16.3 Å². The molecular weight excluding hydrogens is 206 g/mol. The zero-order chi connectivity index (χ0) is 12.0. The fourth-order valence-corrected chi connectivity index (χ4v) is 1.76. The molecule has 0 aromatic heterocycles. The summed E-state index contributed by atoms with van der Waals surface area (Å²) < 4.78 is 0. The van der Waals surface area contributed by atoms with E-state index >= 15 is 0 Å². The van der Waals surface area contributed by atoms with Crippen LogP contribution < -0.4 is 11.0 Å². The van der Waals surface area contributed by atoms with Gasteiger partial charge in [0, 0.05) is 25.9 Å². The Kier molecular flexibility index (Phi) is 5.18. The molecule has 1 fully saturated rings. The van der Waals surface area contributed by atoms with Gasteiger partial charge in [0.15, 0.2) is 0 Å². The average Bonchev–Trinajstić information content (AvgIpc) is 2.90. The Bertz CT molecular complexity index is 256. The first-order valence-electron chi connectivity index (χ1n) is 5.84. The third-order valence-corrected chi connectivity index (χ3v) is 2.56. The fourth-order valence-electron chi connectivity index (χ4n) is 1.76. The van der Waals surface area contributed by atoms with Crippen LogP contribution in [0.25, 0.3) is 0 Å². The molecule has 0 spiro atoms. The average molecular weight is 227 g/mol. The number of carbonyl (C=O) groups is 1. The molecule has 0 aliphatic carbocycles. The van der Waals surface area contributed by atoms with Crippen molar-refractivity contribution >= 4 is 5.91 Å². The predicted molar refractivity (Wildman–Crippen MR) is 61.2 cm³/mol. The number of hydrogen-bond acceptors (Lipinski definition) is 5. The van der Waals surface area contributed by atoms with E-state index < -0.39 is 0 Å². The lowest BCUT2D eigenvalue weighted by Crippen LogP contribution is -2.38. The minimum atomic E-state index is 0.0318. The predicted octanol–water partition coefficient (Wildman–Crippen LogP) is 1.07. The molecule has 1 saturated heterocycles. The largest absolute Gasteiger partial charge is 0.343 e. The van der Waals surface area contributed by atoms with Gasteiger partial charge in [-0.1, -0.05) is 25.5 Å². The highest BCUT2D eigenvalue weighted by atomic mass is 16.2. The highest BCUT2D eigenvalue weighted by Gasteiger charge is 2.31. The maximum absolute atomic E-state index is 11.0. The molecule has 2 unspecified atom stereocenters. The highest BCUT2D eigenvalue weighted by Crippen LogP contribution is 2.21. The zero-order valence-electron chi connectivity index (χ0n) is 10.2. The molecule has 2 N–H and O–H groups in total. The lowest BCUT2D eigenvalue weighted by Gasteiger charge is -2.15. The molecule has 2 atom stereocenters. The standard InChI is InChI=1S/C7H13N5O.C3H8/c1-5(13)12-3-2-6(4-12)7-8-10-11-9-7;1-3-2/h6-7H,2-4H2,1H3,(H,8,11)(H,9,10);3H2,1-2H3. The molecule has 0 radical (unpaired) electrons. The molecule has 92 valence electrons. The van der Waals surface area contributed by atoms with Gasteiger partial charge in [0.1, 0.15) is 6.17 Å². The maximum atomic E-state index is 11.0. The van der Waals surface area contributed by atoms with Crippen LogP contribution in [0.2, 0.25) is 0 Å². The minimum Gasteiger partial charge on any atom is -0.343 e. The summed E-state index contributed by atoms with van der Waals surface area (Å²) in [7, 11) is 0. The van der Waals surface area contributed by atoms with Crippen molar-refractivity contribution in [1.82, 2.24) is 15.9 Å². The molecule has 0 bridgehead atoms. The fraction of sp³-hybridized carbons (Fsp3) is 0.900. The number of nitrogens with zero attached hydrogens (tertiary/aromatic N) is 3. The summed E-state index contributed by atoms with van der Waals surface area (Å²) in [5.74, 6) is 0.535. The van der Waals surface area contributed by atoms with Gasteiger partial charge in [-0.05, 0) is 6.42 Å². The van der Waals surface area contributed by atoms with Crippen LogP contribution in [0.5, 0.6) is 0 Å². The van der Waals surface area contributed by atoms with E-state index in [-0.39, 0.29) is 12.1 Å². The molecule has 0 saturated carbocycles. The van der Waals surface area contributed by atoms with Crippen LogP contribution in [-0.2, 0) is 4.79 Å². The summed E-state index contributed by atoms with van der Waals surface area (Å²) in [6.45, 7) is 7.48. The molecule has 0 aromatic carbocycles. The molecule has 2 rings (SSSR count). The molecule has 2 heterocycles. The van der Waals surface area contributed by atoms with Crippen LogP contribution in [0, 0.1) is 5.92 Å². The lowest BCUT2D eigenvalue weighted by atomic mass is 10.1. The summed E-state index contributed by atoms with van der Waals surface area (Å²) >= 11 is 0. The van der Waals surface area contributed by atoms with Crippen LogP contribution in [0.3, 0.4) is 0 Å². The summed E-state index contributed by atoms with van der Waals surface area (Å²) in [4.78, 5) is 12.9. The van der Waals surface area contributed by atoms with Gasteiger partial charge in [-0.2, -0.15) is 5.43 Å². The summed E-state index contributed by atoms with van der Waals surface area (Å²) in [5, 5.41) is 7.62. The van der Waals surface area contributed by atoms with Crippen LogP contribution in [0.1, 0.15) is 33.6 Å². The van der Waals surface area contributed by atoms with E-state index in [1.807, 2.05) is 4.90 Å². The van der Waals surface area contributed by atoms with Crippen molar-refractivity contribution in [1.29, 1.82) is 0 Å². The first-order chi connectivity index (χ1) is 7.69. The Balaban J connectivity index is 0.000000386.